The first kappa shape index (κ1) is 13.4. The van der Waals surface area contributed by atoms with Gasteiger partial charge < -0.3 is 10.6 Å². The quantitative estimate of drug-likeness (QED) is 0.809. The third-order valence-corrected chi connectivity index (χ3v) is 4.33. The Hall–Kier alpha value is -1.03. The van der Waals surface area contributed by atoms with Gasteiger partial charge in [0.2, 0.25) is 0 Å². The summed E-state index contributed by atoms with van der Waals surface area (Å²) in [6.45, 7) is 5.22. The number of carbonyl (C=O) groups is 1. The summed E-state index contributed by atoms with van der Waals surface area (Å²) < 4.78 is 0.784. The van der Waals surface area contributed by atoms with Crippen LogP contribution in [0.15, 0.2) is 22.7 Å². The van der Waals surface area contributed by atoms with Gasteiger partial charge in [0.1, 0.15) is 0 Å². The zero-order valence-electron chi connectivity index (χ0n) is 10.8. The number of benzene rings is 1. The number of nitrogens with zero attached hydrogens (tertiary/aromatic N) is 1. The second-order valence-electron chi connectivity index (χ2n) is 5.21. The summed E-state index contributed by atoms with van der Waals surface area (Å²) in [4.78, 5) is 14.4. The van der Waals surface area contributed by atoms with Crippen LogP contribution >= 0.6 is 15.9 Å². The number of likely N-dealkylation sites (tertiary alicyclic amines) is 1. The Morgan fingerprint density at radius 1 is 1.44 bits per heavy atom. The Morgan fingerprint density at radius 2 is 2.17 bits per heavy atom. The summed E-state index contributed by atoms with van der Waals surface area (Å²) in [7, 11) is 0. The average molecular weight is 311 g/mol. The van der Waals surface area contributed by atoms with Crippen molar-refractivity contribution in [2.45, 2.75) is 32.7 Å². The van der Waals surface area contributed by atoms with Crippen molar-refractivity contribution in [1.29, 1.82) is 0 Å². The van der Waals surface area contributed by atoms with Gasteiger partial charge in [-0.25, -0.2) is 0 Å². The number of nitrogen functional groups attached to an aromatic ring is 1. The third-order valence-electron chi connectivity index (χ3n) is 3.65. The maximum absolute atomic E-state index is 12.4. The fourth-order valence-corrected chi connectivity index (χ4v) is 2.91. The summed E-state index contributed by atoms with van der Waals surface area (Å²) in [5.74, 6) is 0.817. The van der Waals surface area contributed by atoms with E-state index < -0.39 is 0 Å². The summed E-state index contributed by atoms with van der Waals surface area (Å²) in [6.07, 6.45) is 2.17. The molecule has 1 aliphatic heterocycles. The van der Waals surface area contributed by atoms with Gasteiger partial charge in [0, 0.05) is 28.3 Å². The molecule has 0 aliphatic carbocycles. The van der Waals surface area contributed by atoms with E-state index in [1.165, 1.54) is 0 Å². The zero-order valence-corrected chi connectivity index (χ0v) is 12.4. The first-order valence-electron chi connectivity index (χ1n) is 6.35. The maximum atomic E-state index is 12.4. The van der Waals surface area contributed by atoms with Crippen LogP contribution in [-0.2, 0) is 0 Å². The normalized spacial score (nSPS) is 24.1. The third kappa shape index (κ3) is 2.69. The summed E-state index contributed by atoms with van der Waals surface area (Å²) in [6, 6.07) is 5.70. The van der Waals surface area contributed by atoms with Crippen molar-refractivity contribution in [3.63, 3.8) is 0 Å². The Balaban J connectivity index is 2.18. The lowest BCUT2D eigenvalue weighted by molar-refractivity contribution is 0.0588. The standard InChI is InChI=1S/C14H19BrN2O/c1-9-5-6-17(10(2)7-9)14(18)11-3-4-13(16)12(15)8-11/h3-4,8-10H,5-7,16H2,1-2H3. The number of carbonyl (C=O) groups excluding carboxylic acids is 1. The van der Waals surface area contributed by atoms with Crippen molar-refractivity contribution in [3.05, 3.63) is 28.2 Å². The Kier molecular flexibility index (Phi) is 3.95. The highest BCUT2D eigenvalue weighted by Gasteiger charge is 2.27. The lowest BCUT2D eigenvalue weighted by atomic mass is 9.93. The first-order valence-corrected chi connectivity index (χ1v) is 7.14. The molecule has 0 saturated carbocycles. The van der Waals surface area contributed by atoms with Crippen LogP contribution in [0, 0.1) is 5.92 Å². The van der Waals surface area contributed by atoms with Gasteiger partial charge in [0.25, 0.3) is 5.91 Å². The predicted molar refractivity (Wildman–Crippen MR) is 77.5 cm³/mol. The SMILES string of the molecule is CC1CCN(C(=O)c2ccc(N)c(Br)c2)C(C)C1. The molecule has 1 fully saturated rings. The molecule has 2 atom stereocenters. The summed E-state index contributed by atoms with van der Waals surface area (Å²) >= 11 is 3.37. The molecule has 1 heterocycles. The van der Waals surface area contributed by atoms with E-state index in [2.05, 4.69) is 29.8 Å². The molecule has 1 saturated heterocycles. The van der Waals surface area contributed by atoms with Crippen LogP contribution in [-0.4, -0.2) is 23.4 Å². The van der Waals surface area contributed by atoms with E-state index in [9.17, 15) is 4.79 Å². The molecule has 1 aliphatic rings. The minimum Gasteiger partial charge on any atom is -0.398 e. The number of rotatable bonds is 1. The van der Waals surface area contributed by atoms with Crippen molar-refractivity contribution in [2.24, 2.45) is 5.92 Å². The van der Waals surface area contributed by atoms with Crippen LogP contribution in [0.5, 0.6) is 0 Å². The number of hydrogen-bond donors (Lipinski definition) is 1. The van der Waals surface area contributed by atoms with E-state index in [1.54, 1.807) is 12.1 Å². The second-order valence-corrected chi connectivity index (χ2v) is 6.07. The van der Waals surface area contributed by atoms with Crippen molar-refractivity contribution in [2.75, 3.05) is 12.3 Å². The highest BCUT2D eigenvalue weighted by molar-refractivity contribution is 9.10. The van der Waals surface area contributed by atoms with Crippen molar-refractivity contribution in [3.8, 4) is 0 Å². The topological polar surface area (TPSA) is 46.3 Å². The van der Waals surface area contributed by atoms with Crippen LogP contribution in [0.1, 0.15) is 37.0 Å². The molecule has 2 rings (SSSR count). The van der Waals surface area contributed by atoms with Crippen molar-refractivity contribution in [1.82, 2.24) is 4.90 Å². The number of amides is 1. The largest absolute Gasteiger partial charge is 0.398 e. The van der Waals surface area contributed by atoms with Gasteiger partial charge in [-0.1, -0.05) is 6.92 Å². The Morgan fingerprint density at radius 3 is 2.78 bits per heavy atom. The fourth-order valence-electron chi connectivity index (χ4n) is 2.53. The lowest BCUT2D eigenvalue weighted by Crippen LogP contribution is -2.44. The molecule has 98 valence electrons. The molecule has 2 N–H and O–H groups in total. The number of hydrogen-bond acceptors (Lipinski definition) is 2. The second kappa shape index (κ2) is 5.31. The van der Waals surface area contributed by atoms with Gasteiger partial charge in [-0.05, 0) is 59.8 Å². The van der Waals surface area contributed by atoms with E-state index in [1.807, 2.05) is 11.0 Å². The lowest BCUT2D eigenvalue weighted by Gasteiger charge is -2.36. The maximum Gasteiger partial charge on any atom is 0.254 e. The molecule has 3 nitrogen and oxygen atoms in total. The molecule has 1 aromatic rings. The van der Waals surface area contributed by atoms with Crippen LogP contribution in [0.3, 0.4) is 0 Å². The molecule has 0 aromatic heterocycles. The smallest absolute Gasteiger partial charge is 0.254 e. The van der Waals surface area contributed by atoms with Gasteiger partial charge in [0.05, 0.1) is 0 Å². The van der Waals surface area contributed by atoms with E-state index in [-0.39, 0.29) is 5.91 Å². The van der Waals surface area contributed by atoms with Gasteiger partial charge >= 0.3 is 0 Å². The fraction of sp³-hybridized carbons (Fsp3) is 0.500. The van der Waals surface area contributed by atoms with E-state index in [0.29, 0.717) is 23.2 Å². The molecule has 1 amide bonds. The molecule has 0 spiro atoms. The molecule has 0 bridgehead atoms. The number of halogens is 1. The van der Waals surface area contributed by atoms with E-state index in [0.717, 1.165) is 23.9 Å². The molecule has 4 heteroatoms. The first-order chi connectivity index (χ1) is 8.49. The monoisotopic (exact) mass is 310 g/mol. The van der Waals surface area contributed by atoms with Crippen LogP contribution < -0.4 is 5.73 Å². The summed E-state index contributed by atoms with van der Waals surface area (Å²) in [5.41, 5.74) is 7.11. The molecule has 0 radical (unpaired) electrons. The summed E-state index contributed by atoms with van der Waals surface area (Å²) in [5, 5.41) is 0. The molecule has 2 unspecified atom stereocenters. The van der Waals surface area contributed by atoms with Gasteiger partial charge in [-0.3, -0.25) is 4.79 Å². The Labute approximate surface area is 116 Å². The molecular weight excluding hydrogens is 292 g/mol. The van der Waals surface area contributed by atoms with Gasteiger partial charge in [-0.2, -0.15) is 0 Å². The van der Waals surface area contributed by atoms with E-state index in [4.69, 9.17) is 5.73 Å². The van der Waals surface area contributed by atoms with E-state index >= 15 is 0 Å². The van der Waals surface area contributed by atoms with Crippen LogP contribution in [0.4, 0.5) is 5.69 Å². The minimum atomic E-state index is 0.107. The Bertz CT molecular complexity index is 461. The number of piperidine rings is 1. The molecule has 1 aromatic carbocycles. The molecule has 18 heavy (non-hydrogen) atoms. The van der Waals surface area contributed by atoms with Crippen molar-refractivity contribution >= 4 is 27.5 Å². The minimum absolute atomic E-state index is 0.107. The highest BCUT2D eigenvalue weighted by Crippen LogP contribution is 2.26. The van der Waals surface area contributed by atoms with Crippen molar-refractivity contribution < 1.29 is 4.79 Å². The molecular formula is C14H19BrN2O. The highest BCUT2D eigenvalue weighted by atomic mass is 79.9. The number of nitrogens with two attached hydrogens (primary N) is 1. The zero-order chi connectivity index (χ0) is 13.3. The van der Waals surface area contributed by atoms with Gasteiger partial charge in [0.15, 0.2) is 0 Å². The number of anilines is 1. The predicted octanol–water partition coefficient (Wildman–Crippen LogP) is 3.29. The van der Waals surface area contributed by atoms with Gasteiger partial charge in [-0.15, -0.1) is 0 Å². The van der Waals surface area contributed by atoms with Crippen LogP contribution in [0.2, 0.25) is 0 Å². The van der Waals surface area contributed by atoms with Crippen LogP contribution in [0.25, 0.3) is 0 Å². The average Bonchev–Trinajstić information content (AvgIpc) is 2.32.